The molecule has 0 bridgehead atoms. The Kier molecular flexibility index (Phi) is 4.55. The van der Waals surface area contributed by atoms with Crippen molar-refractivity contribution in [2.45, 2.75) is 59.0 Å². The van der Waals surface area contributed by atoms with Crippen LogP contribution in [0.5, 0.6) is 5.88 Å². The Balaban J connectivity index is 2.36. The normalized spacial score (nSPS) is 15.6. The Labute approximate surface area is 127 Å². The lowest BCUT2D eigenvalue weighted by Crippen LogP contribution is -2.30. The van der Waals surface area contributed by atoms with Crippen molar-refractivity contribution in [1.29, 1.82) is 0 Å². The number of ether oxygens (including phenoxy) is 1. The molecule has 4 nitrogen and oxygen atoms in total. The van der Waals surface area contributed by atoms with Crippen LogP contribution >= 0.6 is 0 Å². The topological polar surface area (TPSA) is 42.4 Å². The number of rotatable bonds is 3. The van der Waals surface area contributed by atoms with Gasteiger partial charge in [-0.3, -0.25) is 4.79 Å². The average molecular weight is 290 g/mol. The second-order valence-corrected chi connectivity index (χ2v) is 6.96. The van der Waals surface area contributed by atoms with E-state index in [1.807, 2.05) is 37.8 Å². The molecule has 21 heavy (non-hydrogen) atoms. The molecule has 1 aromatic rings. The van der Waals surface area contributed by atoms with E-state index in [2.05, 4.69) is 18.8 Å². The first-order chi connectivity index (χ1) is 9.78. The van der Waals surface area contributed by atoms with Gasteiger partial charge in [0.2, 0.25) is 5.88 Å². The highest BCUT2D eigenvalue weighted by atomic mass is 16.5. The van der Waals surface area contributed by atoms with E-state index in [9.17, 15) is 4.79 Å². The molecule has 2 rings (SSSR count). The van der Waals surface area contributed by atoms with Crippen LogP contribution < -0.4 is 4.74 Å². The summed E-state index contributed by atoms with van der Waals surface area (Å²) in [7, 11) is 0. The molecular formula is C17H26N2O2. The summed E-state index contributed by atoms with van der Waals surface area (Å²) in [6.07, 6.45) is 2.16. The van der Waals surface area contributed by atoms with Crippen molar-refractivity contribution >= 4 is 5.91 Å². The zero-order valence-corrected chi connectivity index (χ0v) is 13.8. The molecule has 0 unspecified atom stereocenters. The van der Waals surface area contributed by atoms with Crippen LogP contribution in [-0.4, -0.2) is 34.5 Å². The third-order valence-electron chi connectivity index (χ3n) is 3.50. The Morgan fingerprint density at radius 3 is 2.38 bits per heavy atom. The molecule has 1 aliphatic heterocycles. The van der Waals surface area contributed by atoms with Crippen LogP contribution in [0.2, 0.25) is 0 Å². The number of pyridine rings is 1. The van der Waals surface area contributed by atoms with E-state index in [0.717, 1.165) is 31.6 Å². The Hall–Kier alpha value is -1.58. The fourth-order valence-corrected chi connectivity index (χ4v) is 2.40. The van der Waals surface area contributed by atoms with Gasteiger partial charge in [0.15, 0.2) is 0 Å². The number of aromatic nitrogens is 1. The molecule has 2 heterocycles. The molecule has 0 saturated carbocycles. The second-order valence-electron chi connectivity index (χ2n) is 6.96. The van der Waals surface area contributed by atoms with Crippen molar-refractivity contribution in [2.75, 3.05) is 13.1 Å². The van der Waals surface area contributed by atoms with E-state index in [4.69, 9.17) is 4.74 Å². The van der Waals surface area contributed by atoms with Crippen molar-refractivity contribution in [3.63, 3.8) is 0 Å². The van der Waals surface area contributed by atoms with Crippen molar-refractivity contribution in [2.24, 2.45) is 0 Å². The molecule has 0 atom stereocenters. The van der Waals surface area contributed by atoms with Gasteiger partial charge < -0.3 is 9.64 Å². The van der Waals surface area contributed by atoms with Gasteiger partial charge in [-0.2, -0.15) is 0 Å². The minimum Gasteiger partial charge on any atom is -0.471 e. The van der Waals surface area contributed by atoms with E-state index < -0.39 is 0 Å². The van der Waals surface area contributed by atoms with Crippen LogP contribution in [0.25, 0.3) is 0 Å². The van der Waals surface area contributed by atoms with Gasteiger partial charge in [-0.05, 0) is 51.7 Å². The molecule has 0 radical (unpaired) electrons. The highest BCUT2D eigenvalue weighted by molar-refractivity contribution is 5.96. The average Bonchev–Trinajstić information content (AvgIpc) is 2.89. The predicted octanol–water partition coefficient (Wildman–Crippen LogP) is 3.62. The van der Waals surface area contributed by atoms with Gasteiger partial charge >= 0.3 is 0 Å². The molecule has 0 N–H and O–H groups in total. The summed E-state index contributed by atoms with van der Waals surface area (Å²) < 4.78 is 5.95. The molecule has 1 aromatic heterocycles. The van der Waals surface area contributed by atoms with Crippen molar-refractivity contribution < 1.29 is 9.53 Å². The summed E-state index contributed by atoms with van der Waals surface area (Å²) in [6, 6.07) is 3.80. The largest absolute Gasteiger partial charge is 0.471 e. The zero-order chi connectivity index (χ0) is 15.6. The summed E-state index contributed by atoms with van der Waals surface area (Å²) in [5.74, 6) is 0.809. The fourth-order valence-electron chi connectivity index (χ4n) is 2.40. The van der Waals surface area contributed by atoms with Crippen LogP contribution in [0.4, 0.5) is 0 Å². The van der Waals surface area contributed by atoms with Gasteiger partial charge in [-0.25, -0.2) is 4.98 Å². The summed E-state index contributed by atoms with van der Waals surface area (Å²) in [5, 5.41) is 0. The summed E-state index contributed by atoms with van der Waals surface area (Å²) in [6.45, 7) is 11.8. The smallest absolute Gasteiger partial charge is 0.259 e. The number of likely N-dealkylation sites (tertiary alicyclic amines) is 1. The van der Waals surface area contributed by atoms with Gasteiger partial charge in [-0.1, -0.05) is 13.8 Å². The van der Waals surface area contributed by atoms with Crippen molar-refractivity contribution in [1.82, 2.24) is 9.88 Å². The molecule has 116 valence electrons. The van der Waals surface area contributed by atoms with Gasteiger partial charge in [0.05, 0.1) is 0 Å². The van der Waals surface area contributed by atoms with Gasteiger partial charge in [0.25, 0.3) is 5.91 Å². The van der Waals surface area contributed by atoms with Crippen LogP contribution in [0.3, 0.4) is 0 Å². The lowest BCUT2D eigenvalue weighted by molar-refractivity contribution is 0.0770. The Morgan fingerprint density at radius 1 is 1.24 bits per heavy atom. The third kappa shape index (κ3) is 3.96. The maximum absolute atomic E-state index is 12.6. The molecule has 0 aliphatic carbocycles. The Morgan fingerprint density at radius 2 is 1.86 bits per heavy atom. The minimum atomic E-state index is -0.372. The quantitative estimate of drug-likeness (QED) is 0.854. The summed E-state index contributed by atoms with van der Waals surface area (Å²) in [5.41, 5.74) is 1.16. The molecule has 1 aliphatic rings. The molecule has 4 heteroatoms. The van der Waals surface area contributed by atoms with Crippen LogP contribution in [-0.2, 0) is 0 Å². The second kappa shape index (κ2) is 6.04. The molecule has 0 spiro atoms. The lowest BCUT2D eigenvalue weighted by Gasteiger charge is -2.24. The number of carbonyl (C=O) groups is 1. The van der Waals surface area contributed by atoms with E-state index in [1.54, 1.807) is 0 Å². The van der Waals surface area contributed by atoms with Crippen molar-refractivity contribution in [3.8, 4) is 5.88 Å². The first-order valence-corrected chi connectivity index (χ1v) is 7.77. The molecule has 1 fully saturated rings. The van der Waals surface area contributed by atoms with Gasteiger partial charge in [0, 0.05) is 18.8 Å². The van der Waals surface area contributed by atoms with Crippen LogP contribution in [0.15, 0.2) is 12.1 Å². The van der Waals surface area contributed by atoms with Gasteiger partial charge in [-0.15, -0.1) is 0 Å². The first kappa shape index (κ1) is 15.8. The van der Waals surface area contributed by atoms with E-state index in [0.29, 0.717) is 17.4 Å². The maximum Gasteiger partial charge on any atom is 0.259 e. The standard InChI is InChI=1S/C17H26N2O2/c1-12(2)14-9-8-13(15(18-14)21-17(3,4)5)16(20)19-10-6-7-11-19/h8-9,12H,6-7,10-11H2,1-5H3. The molecule has 1 saturated heterocycles. The zero-order valence-electron chi connectivity index (χ0n) is 13.8. The van der Waals surface area contributed by atoms with Crippen molar-refractivity contribution in [3.05, 3.63) is 23.4 Å². The Bertz CT molecular complexity index is 512. The molecular weight excluding hydrogens is 264 g/mol. The minimum absolute atomic E-state index is 0.0366. The molecule has 0 aromatic carbocycles. The highest BCUT2D eigenvalue weighted by Gasteiger charge is 2.26. The number of hydrogen-bond acceptors (Lipinski definition) is 3. The van der Waals surface area contributed by atoms with Gasteiger partial charge in [0.1, 0.15) is 11.2 Å². The van der Waals surface area contributed by atoms with E-state index in [-0.39, 0.29) is 11.5 Å². The summed E-state index contributed by atoms with van der Waals surface area (Å²) in [4.78, 5) is 19.1. The maximum atomic E-state index is 12.6. The van der Waals surface area contributed by atoms with Crippen LogP contribution in [0, 0.1) is 0 Å². The third-order valence-corrected chi connectivity index (χ3v) is 3.50. The van der Waals surface area contributed by atoms with E-state index in [1.165, 1.54) is 0 Å². The highest BCUT2D eigenvalue weighted by Crippen LogP contribution is 2.26. The summed E-state index contributed by atoms with van der Waals surface area (Å²) >= 11 is 0. The number of nitrogens with zero attached hydrogens (tertiary/aromatic N) is 2. The first-order valence-electron chi connectivity index (χ1n) is 7.77. The number of amides is 1. The number of hydrogen-bond donors (Lipinski definition) is 0. The lowest BCUT2D eigenvalue weighted by atomic mass is 10.1. The monoisotopic (exact) mass is 290 g/mol. The van der Waals surface area contributed by atoms with E-state index >= 15 is 0 Å². The number of carbonyl (C=O) groups excluding carboxylic acids is 1. The van der Waals surface area contributed by atoms with Crippen LogP contribution in [0.1, 0.15) is 69.4 Å². The SMILES string of the molecule is CC(C)c1ccc(C(=O)N2CCCC2)c(OC(C)(C)C)n1. The predicted molar refractivity (Wildman–Crippen MR) is 83.8 cm³/mol. The molecule has 1 amide bonds. The fraction of sp³-hybridized carbons (Fsp3) is 0.647.